The first-order valence-electron chi connectivity index (χ1n) is 4.24. The van der Waals surface area contributed by atoms with Crippen LogP contribution in [0.25, 0.3) is 4.85 Å². The van der Waals surface area contributed by atoms with Crippen molar-refractivity contribution in [1.82, 2.24) is 9.78 Å². The first-order valence-corrected chi connectivity index (χ1v) is 4.62. The van der Waals surface area contributed by atoms with Gasteiger partial charge in [-0.1, -0.05) is 17.7 Å². The summed E-state index contributed by atoms with van der Waals surface area (Å²) in [7, 11) is 0. The Bertz CT molecular complexity index is 421. The van der Waals surface area contributed by atoms with Crippen molar-refractivity contribution in [3.63, 3.8) is 0 Å². The number of nitriles is 1. The third-order valence-corrected chi connectivity index (χ3v) is 2.12. The predicted molar refractivity (Wildman–Crippen MR) is 57.0 cm³/mol. The molecule has 0 saturated heterocycles. The molecule has 0 N–H and O–H groups in total. The molecule has 1 aromatic rings. The average molecular weight is 221 g/mol. The predicted octanol–water partition coefficient (Wildman–Crippen LogP) is 2.29. The second-order valence-electron chi connectivity index (χ2n) is 3.10. The summed E-state index contributed by atoms with van der Waals surface area (Å²) < 4.78 is 1.49. The fraction of sp³-hybridized carbons (Fsp3) is 0.300. The molecule has 0 spiro atoms. The van der Waals surface area contributed by atoms with E-state index in [4.69, 9.17) is 23.4 Å². The van der Waals surface area contributed by atoms with Gasteiger partial charge in [0.1, 0.15) is 6.54 Å². The summed E-state index contributed by atoms with van der Waals surface area (Å²) >= 11 is 5.69. The highest BCUT2D eigenvalue weighted by Crippen LogP contribution is 2.19. The number of halogens is 1. The first-order chi connectivity index (χ1) is 7.15. The summed E-state index contributed by atoms with van der Waals surface area (Å²) in [5.41, 5.74) is -1.13. The highest BCUT2D eigenvalue weighted by Gasteiger charge is 2.36. The molecule has 1 atom stereocenters. The third-order valence-electron chi connectivity index (χ3n) is 1.93. The van der Waals surface area contributed by atoms with E-state index in [2.05, 4.69) is 16.5 Å². The van der Waals surface area contributed by atoms with Crippen LogP contribution >= 0.6 is 11.6 Å². The van der Waals surface area contributed by atoms with Gasteiger partial charge in [-0.2, -0.15) is 10.4 Å². The van der Waals surface area contributed by atoms with Crippen molar-refractivity contribution in [2.24, 2.45) is 0 Å². The Morgan fingerprint density at radius 1 is 1.87 bits per heavy atom. The summed E-state index contributed by atoms with van der Waals surface area (Å²) in [6.07, 6.45) is 4.93. The highest BCUT2D eigenvalue weighted by molar-refractivity contribution is 6.30. The normalized spacial score (nSPS) is 13.5. The Balaban J connectivity index is 2.90. The van der Waals surface area contributed by atoms with Crippen molar-refractivity contribution in [1.29, 1.82) is 5.26 Å². The number of hydrogen-bond donors (Lipinski definition) is 0. The lowest BCUT2D eigenvalue weighted by Gasteiger charge is -2.11. The maximum absolute atomic E-state index is 8.99. The van der Waals surface area contributed by atoms with E-state index in [9.17, 15) is 0 Å². The zero-order valence-corrected chi connectivity index (χ0v) is 8.78. The van der Waals surface area contributed by atoms with Crippen LogP contribution in [0, 0.1) is 17.9 Å². The molecule has 0 radical (unpaired) electrons. The van der Waals surface area contributed by atoms with Crippen molar-refractivity contribution >= 4 is 11.6 Å². The first kappa shape index (κ1) is 11.3. The molecule has 0 saturated carbocycles. The Morgan fingerprint density at radius 3 is 3.00 bits per heavy atom. The molecule has 1 aromatic heterocycles. The van der Waals surface area contributed by atoms with Gasteiger partial charge in [-0.3, -0.25) is 9.53 Å². The van der Waals surface area contributed by atoms with E-state index in [0.29, 0.717) is 11.4 Å². The van der Waals surface area contributed by atoms with Gasteiger partial charge in [0.05, 0.1) is 17.6 Å². The molecular formula is C10H9ClN4. The van der Waals surface area contributed by atoms with E-state index in [1.807, 2.05) is 6.07 Å². The monoisotopic (exact) mass is 220 g/mol. The van der Waals surface area contributed by atoms with Crippen molar-refractivity contribution in [2.75, 3.05) is 0 Å². The van der Waals surface area contributed by atoms with Crippen LogP contribution in [0.5, 0.6) is 0 Å². The van der Waals surface area contributed by atoms with Crippen LogP contribution in [-0.2, 0) is 6.54 Å². The number of aromatic nitrogens is 2. The molecular weight excluding hydrogens is 212 g/mol. The molecule has 76 valence electrons. The van der Waals surface area contributed by atoms with Gasteiger partial charge in [0.15, 0.2) is 6.07 Å². The molecule has 1 unspecified atom stereocenters. The summed E-state index contributed by atoms with van der Waals surface area (Å²) in [5, 5.41) is 13.4. The van der Waals surface area contributed by atoms with Crippen LogP contribution < -0.4 is 0 Å². The smallest absolute Gasteiger partial charge is 0.292 e. The van der Waals surface area contributed by atoms with E-state index >= 15 is 0 Å². The fourth-order valence-corrected chi connectivity index (χ4v) is 1.34. The molecule has 0 aliphatic rings. The van der Waals surface area contributed by atoms with E-state index in [1.165, 1.54) is 10.9 Å². The number of hydrogen-bond acceptors (Lipinski definition) is 2. The molecule has 0 aromatic carbocycles. The third kappa shape index (κ3) is 2.59. The summed E-state index contributed by atoms with van der Waals surface area (Å²) in [4.78, 5) is 3.35. The SMILES string of the molecule is [C-]#[N+]C(C#N)(CC=C)Cn1cc(Cl)cn1. The molecule has 0 aliphatic heterocycles. The fourth-order valence-electron chi connectivity index (χ4n) is 1.18. The van der Waals surface area contributed by atoms with Gasteiger partial charge >= 0.3 is 5.54 Å². The second kappa shape index (κ2) is 4.63. The van der Waals surface area contributed by atoms with E-state index in [-0.39, 0.29) is 6.54 Å². The molecule has 15 heavy (non-hydrogen) atoms. The van der Waals surface area contributed by atoms with Gasteiger partial charge in [-0.05, 0) is 0 Å². The van der Waals surface area contributed by atoms with E-state index in [1.54, 1.807) is 12.3 Å². The highest BCUT2D eigenvalue weighted by atomic mass is 35.5. The Kier molecular flexibility index (Phi) is 3.49. The Morgan fingerprint density at radius 2 is 2.60 bits per heavy atom. The lowest BCUT2D eigenvalue weighted by atomic mass is 9.98. The van der Waals surface area contributed by atoms with Gasteiger partial charge in [0.2, 0.25) is 0 Å². The van der Waals surface area contributed by atoms with Gasteiger partial charge in [0.25, 0.3) is 0 Å². The van der Waals surface area contributed by atoms with E-state index in [0.717, 1.165) is 0 Å². The van der Waals surface area contributed by atoms with Crippen molar-refractivity contribution in [2.45, 2.75) is 18.5 Å². The van der Waals surface area contributed by atoms with Crippen LogP contribution in [0.3, 0.4) is 0 Å². The maximum Gasteiger partial charge on any atom is 0.338 e. The zero-order chi connectivity index (χ0) is 11.3. The van der Waals surface area contributed by atoms with Crippen LogP contribution in [0.1, 0.15) is 6.42 Å². The molecule has 0 fully saturated rings. The Hall–Kier alpha value is -1.78. The summed E-state index contributed by atoms with van der Waals surface area (Å²) in [6.45, 7) is 10.8. The molecule has 5 heteroatoms. The van der Waals surface area contributed by atoms with Crippen molar-refractivity contribution in [3.8, 4) is 6.07 Å². The van der Waals surface area contributed by atoms with E-state index < -0.39 is 5.54 Å². The average Bonchev–Trinajstić information content (AvgIpc) is 2.63. The molecule has 0 bridgehead atoms. The zero-order valence-electron chi connectivity index (χ0n) is 8.02. The van der Waals surface area contributed by atoms with Crippen LogP contribution in [0.15, 0.2) is 25.0 Å². The molecule has 4 nitrogen and oxygen atoms in total. The number of rotatable bonds is 4. The summed E-state index contributed by atoms with van der Waals surface area (Å²) in [5.74, 6) is 0. The number of nitrogens with zero attached hydrogens (tertiary/aromatic N) is 4. The van der Waals surface area contributed by atoms with Crippen LogP contribution in [-0.4, -0.2) is 15.3 Å². The van der Waals surface area contributed by atoms with Crippen molar-refractivity contribution in [3.05, 3.63) is 41.5 Å². The van der Waals surface area contributed by atoms with Gasteiger partial charge in [0, 0.05) is 6.20 Å². The van der Waals surface area contributed by atoms with Gasteiger partial charge < -0.3 is 0 Å². The standard InChI is InChI=1S/C10H9ClN4/c1-3-4-10(7-12,13-2)8-15-6-9(11)5-14-15/h3,5-6H,1,4,8H2. The molecule has 0 amide bonds. The lowest BCUT2D eigenvalue weighted by molar-refractivity contribution is 0.485. The van der Waals surface area contributed by atoms with Crippen molar-refractivity contribution < 1.29 is 0 Å². The molecule has 1 heterocycles. The molecule has 0 aliphatic carbocycles. The quantitative estimate of drug-likeness (QED) is 0.577. The topological polar surface area (TPSA) is 46.0 Å². The second-order valence-corrected chi connectivity index (χ2v) is 3.54. The summed E-state index contributed by atoms with van der Waals surface area (Å²) in [6, 6.07) is 1.99. The largest absolute Gasteiger partial charge is 0.338 e. The Labute approximate surface area is 93.2 Å². The lowest BCUT2D eigenvalue weighted by Crippen LogP contribution is -2.28. The van der Waals surface area contributed by atoms with Crippen LogP contribution in [0.4, 0.5) is 0 Å². The molecule has 1 rings (SSSR count). The minimum absolute atomic E-state index is 0.200. The van der Waals surface area contributed by atoms with Gasteiger partial charge in [-0.25, -0.2) is 6.57 Å². The minimum Gasteiger partial charge on any atom is -0.292 e. The van der Waals surface area contributed by atoms with Gasteiger partial charge in [-0.15, -0.1) is 6.58 Å². The van der Waals surface area contributed by atoms with Crippen LogP contribution in [0.2, 0.25) is 5.02 Å². The maximum atomic E-state index is 8.99. The minimum atomic E-state index is -1.13.